The van der Waals surface area contributed by atoms with Gasteiger partial charge in [0.1, 0.15) is 18.1 Å². The number of hydrogen-bond donors (Lipinski definition) is 2. The van der Waals surface area contributed by atoms with Crippen LogP contribution < -0.4 is 14.9 Å². The first-order valence-corrected chi connectivity index (χ1v) is 11.3. The Morgan fingerprint density at radius 2 is 1.72 bits per heavy atom. The number of nitrogens with zero attached hydrogens (tertiary/aromatic N) is 2. The number of sulfonamides is 1. The molecule has 8 nitrogen and oxygen atoms in total. The number of benzene rings is 2. The fraction of sp³-hybridized carbons (Fsp3) is 0.136. The van der Waals surface area contributed by atoms with Gasteiger partial charge in [0, 0.05) is 6.20 Å². The Balaban J connectivity index is 1.83. The number of aryl methyl sites for hydroxylation is 1. The molecule has 0 aliphatic rings. The number of nitrogens with one attached hydrogen (secondary N) is 2. The van der Waals surface area contributed by atoms with Crippen LogP contribution in [0.15, 0.2) is 66.9 Å². The molecule has 3 aromatic rings. The van der Waals surface area contributed by atoms with Crippen LogP contribution in [0.2, 0.25) is 0 Å². The fourth-order valence-electron chi connectivity index (χ4n) is 2.96. The van der Waals surface area contributed by atoms with Gasteiger partial charge in [-0.3, -0.25) is 18.9 Å². The van der Waals surface area contributed by atoms with Crippen LogP contribution in [-0.2, 0) is 14.8 Å². The highest BCUT2D eigenvalue weighted by Crippen LogP contribution is 2.25. The summed E-state index contributed by atoms with van der Waals surface area (Å²) in [5, 5.41) is 5.05. The molecule has 0 spiro atoms. The molecule has 0 aliphatic heterocycles. The molecule has 0 saturated carbocycles. The number of anilines is 3. The summed E-state index contributed by atoms with van der Waals surface area (Å²) < 4.78 is 39.4. The zero-order chi connectivity index (χ0) is 23.3. The second-order valence-corrected chi connectivity index (χ2v) is 8.87. The van der Waals surface area contributed by atoms with Crippen LogP contribution in [0.5, 0.6) is 0 Å². The average Bonchev–Trinajstić information content (AvgIpc) is 2.74. The fourth-order valence-corrected chi connectivity index (χ4v) is 3.87. The maximum absolute atomic E-state index is 13.8. The highest BCUT2D eigenvalue weighted by atomic mass is 32.2. The third-order valence-corrected chi connectivity index (χ3v) is 5.60. The van der Waals surface area contributed by atoms with Crippen molar-refractivity contribution in [3.8, 4) is 0 Å². The van der Waals surface area contributed by atoms with Crippen LogP contribution in [0.4, 0.5) is 21.5 Å². The summed E-state index contributed by atoms with van der Waals surface area (Å²) in [6.45, 7) is 1.19. The number of rotatable bonds is 7. The van der Waals surface area contributed by atoms with Crippen molar-refractivity contribution in [1.29, 1.82) is 0 Å². The largest absolute Gasteiger partial charge is 0.323 e. The van der Waals surface area contributed by atoms with Crippen molar-refractivity contribution in [1.82, 2.24) is 4.98 Å². The van der Waals surface area contributed by atoms with Gasteiger partial charge in [0.2, 0.25) is 15.9 Å². The smallest absolute Gasteiger partial charge is 0.274 e. The summed E-state index contributed by atoms with van der Waals surface area (Å²) in [6, 6.07) is 15.0. The number of aromatic nitrogens is 1. The summed E-state index contributed by atoms with van der Waals surface area (Å²) in [5.74, 6) is -1.90. The quantitative estimate of drug-likeness (QED) is 0.568. The van der Waals surface area contributed by atoms with E-state index in [2.05, 4.69) is 15.6 Å². The molecule has 2 aromatic carbocycles. The normalized spacial score (nSPS) is 11.0. The number of pyridine rings is 1. The lowest BCUT2D eigenvalue weighted by molar-refractivity contribution is -0.114. The van der Waals surface area contributed by atoms with Gasteiger partial charge in [-0.1, -0.05) is 24.3 Å². The lowest BCUT2D eigenvalue weighted by Gasteiger charge is -2.23. The van der Waals surface area contributed by atoms with Crippen molar-refractivity contribution in [2.24, 2.45) is 0 Å². The minimum absolute atomic E-state index is 0.0162. The van der Waals surface area contributed by atoms with Gasteiger partial charge in [-0.15, -0.1) is 0 Å². The summed E-state index contributed by atoms with van der Waals surface area (Å²) >= 11 is 0. The Kier molecular flexibility index (Phi) is 6.84. The van der Waals surface area contributed by atoms with Gasteiger partial charge >= 0.3 is 0 Å². The first-order valence-electron chi connectivity index (χ1n) is 9.50. The van der Waals surface area contributed by atoms with Gasteiger partial charge in [-0.05, 0) is 48.9 Å². The summed E-state index contributed by atoms with van der Waals surface area (Å²) in [5.41, 5.74) is 1.28. The summed E-state index contributed by atoms with van der Waals surface area (Å²) in [6.07, 6.45) is 2.45. The molecule has 1 heterocycles. The van der Waals surface area contributed by atoms with Crippen molar-refractivity contribution in [3.05, 3.63) is 83.9 Å². The molecule has 0 fully saturated rings. The van der Waals surface area contributed by atoms with Crippen molar-refractivity contribution in [3.63, 3.8) is 0 Å². The van der Waals surface area contributed by atoms with Crippen molar-refractivity contribution >= 4 is 38.9 Å². The molecule has 0 bridgehead atoms. The van der Waals surface area contributed by atoms with Gasteiger partial charge in [-0.25, -0.2) is 12.8 Å². The second kappa shape index (κ2) is 9.56. The molecule has 166 valence electrons. The zero-order valence-corrected chi connectivity index (χ0v) is 18.2. The summed E-state index contributed by atoms with van der Waals surface area (Å²) in [4.78, 5) is 29.1. The molecular formula is C22H21FN4O4S. The number of hydrogen-bond acceptors (Lipinski definition) is 5. The third-order valence-electron chi connectivity index (χ3n) is 4.47. The molecule has 1 aromatic heterocycles. The number of halogens is 1. The van der Waals surface area contributed by atoms with Crippen molar-refractivity contribution in [2.75, 3.05) is 27.7 Å². The van der Waals surface area contributed by atoms with E-state index in [1.54, 1.807) is 43.3 Å². The van der Waals surface area contributed by atoms with Crippen LogP contribution in [-0.4, -0.2) is 38.0 Å². The topological polar surface area (TPSA) is 108 Å². The molecule has 32 heavy (non-hydrogen) atoms. The second-order valence-electron chi connectivity index (χ2n) is 6.96. The monoisotopic (exact) mass is 456 g/mol. The number of carbonyl (C=O) groups is 2. The highest BCUT2D eigenvalue weighted by molar-refractivity contribution is 7.92. The molecular weight excluding hydrogens is 435 g/mol. The van der Waals surface area contributed by atoms with E-state index in [1.165, 1.54) is 18.3 Å². The van der Waals surface area contributed by atoms with E-state index in [4.69, 9.17) is 0 Å². The maximum Gasteiger partial charge on any atom is 0.274 e. The van der Waals surface area contributed by atoms with Gasteiger partial charge in [0.05, 0.1) is 23.3 Å². The standard InChI is InChI=1S/C22H21FN4O4S/c1-15-7-3-4-9-20(15)27(32(2,30)31)14-21(28)25-19-13-16(23)10-11-17(19)26-22(29)18-8-5-6-12-24-18/h3-13H,14H2,1-2H3,(H,25,28)(H,26,29). The first kappa shape index (κ1) is 22.9. The van der Waals surface area contributed by atoms with Crippen LogP contribution in [0.25, 0.3) is 0 Å². The molecule has 0 atom stereocenters. The van der Waals surface area contributed by atoms with E-state index in [9.17, 15) is 22.4 Å². The minimum Gasteiger partial charge on any atom is -0.323 e. The predicted octanol–water partition coefficient (Wildman–Crippen LogP) is 3.19. The van der Waals surface area contributed by atoms with E-state index in [0.717, 1.165) is 22.7 Å². The summed E-state index contributed by atoms with van der Waals surface area (Å²) in [7, 11) is -3.78. The van der Waals surface area contributed by atoms with Gasteiger partial charge < -0.3 is 10.6 Å². The van der Waals surface area contributed by atoms with Crippen LogP contribution in [0, 0.1) is 12.7 Å². The van der Waals surface area contributed by atoms with E-state index < -0.39 is 34.2 Å². The molecule has 0 saturated heterocycles. The Hall–Kier alpha value is -3.79. The van der Waals surface area contributed by atoms with Crippen molar-refractivity contribution < 1.29 is 22.4 Å². The number of para-hydroxylation sites is 1. The zero-order valence-electron chi connectivity index (χ0n) is 17.4. The first-order chi connectivity index (χ1) is 15.1. The molecule has 0 radical (unpaired) electrons. The van der Waals surface area contributed by atoms with Gasteiger partial charge in [0.15, 0.2) is 0 Å². The Morgan fingerprint density at radius 1 is 1.00 bits per heavy atom. The molecule has 2 amide bonds. The third kappa shape index (κ3) is 5.67. The average molecular weight is 456 g/mol. The molecule has 2 N–H and O–H groups in total. The van der Waals surface area contributed by atoms with E-state index >= 15 is 0 Å². The minimum atomic E-state index is -3.78. The molecule has 0 unspecified atom stereocenters. The van der Waals surface area contributed by atoms with E-state index in [0.29, 0.717) is 11.3 Å². The Bertz CT molecular complexity index is 1250. The van der Waals surface area contributed by atoms with Crippen molar-refractivity contribution in [2.45, 2.75) is 6.92 Å². The molecule has 3 rings (SSSR count). The Labute approximate surface area is 185 Å². The SMILES string of the molecule is Cc1ccccc1N(CC(=O)Nc1cc(F)ccc1NC(=O)c1ccccn1)S(C)(=O)=O. The maximum atomic E-state index is 13.8. The lowest BCUT2D eigenvalue weighted by atomic mass is 10.2. The van der Waals surface area contributed by atoms with E-state index in [1.807, 2.05) is 0 Å². The molecule has 10 heteroatoms. The van der Waals surface area contributed by atoms with Crippen LogP contribution >= 0.6 is 0 Å². The number of amides is 2. The Morgan fingerprint density at radius 3 is 2.38 bits per heavy atom. The predicted molar refractivity (Wildman–Crippen MR) is 121 cm³/mol. The van der Waals surface area contributed by atoms with Crippen LogP contribution in [0.1, 0.15) is 16.1 Å². The highest BCUT2D eigenvalue weighted by Gasteiger charge is 2.23. The number of carbonyl (C=O) groups excluding carboxylic acids is 2. The lowest BCUT2D eigenvalue weighted by Crippen LogP contribution is -2.38. The van der Waals surface area contributed by atoms with Gasteiger partial charge in [-0.2, -0.15) is 0 Å². The van der Waals surface area contributed by atoms with Crippen LogP contribution in [0.3, 0.4) is 0 Å². The van der Waals surface area contributed by atoms with Gasteiger partial charge in [0.25, 0.3) is 5.91 Å². The van der Waals surface area contributed by atoms with E-state index in [-0.39, 0.29) is 17.1 Å². The molecule has 0 aliphatic carbocycles.